The minimum absolute atomic E-state index is 0.00205. The molecule has 0 aromatic rings. The van der Waals surface area contributed by atoms with Crippen LogP contribution >= 0.6 is 8.03 Å². The molecule has 0 aromatic heterocycles. The summed E-state index contributed by atoms with van der Waals surface area (Å²) >= 11 is 0. The van der Waals surface area contributed by atoms with Gasteiger partial charge in [-0.25, -0.2) is 0 Å². The molecule has 3 heteroatoms. The van der Waals surface area contributed by atoms with Crippen LogP contribution in [0.3, 0.4) is 0 Å². The molecule has 0 amide bonds. The van der Waals surface area contributed by atoms with Crippen molar-refractivity contribution in [3.63, 3.8) is 0 Å². The van der Waals surface area contributed by atoms with E-state index in [9.17, 15) is 4.57 Å². The van der Waals surface area contributed by atoms with E-state index in [4.69, 9.17) is 4.52 Å². The van der Waals surface area contributed by atoms with Gasteiger partial charge in [0.15, 0.2) is 8.03 Å². The number of hydrogen-bond acceptors (Lipinski definition) is 2. The van der Waals surface area contributed by atoms with E-state index in [1.165, 1.54) is 25.7 Å². The van der Waals surface area contributed by atoms with Crippen molar-refractivity contribution in [2.45, 2.75) is 64.4 Å². The first kappa shape index (κ1) is 12.3. The number of hydrogen-bond donors (Lipinski definition) is 0. The van der Waals surface area contributed by atoms with E-state index in [1.807, 2.05) is 6.92 Å². The maximum Gasteiger partial charge on any atom is 0.191 e. The molecule has 0 radical (unpaired) electrons. The smallest absolute Gasteiger partial charge is 0.191 e. The fourth-order valence-corrected chi connectivity index (χ4v) is 3.17. The largest absolute Gasteiger partial charge is 0.324 e. The summed E-state index contributed by atoms with van der Waals surface area (Å²) in [7, 11) is -1.75. The molecule has 1 unspecified atom stereocenters. The average Bonchev–Trinajstić information content (AvgIpc) is 2.64. The molecule has 14 heavy (non-hydrogen) atoms. The zero-order chi connectivity index (χ0) is 10.4. The predicted molar refractivity (Wildman–Crippen MR) is 61.4 cm³/mol. The Balaban J connectivity index is 2.48. The quantitative estimate of drug-likeness (QED) is 0.630. The molecule has 1 atom stereocenters. The predicted octanol–water partition coefficient (Wildman–Crippen LogP) is 4.00. The van der Waals surface area contributed by atoms with Gasteiger partial charge in [-0.15, -0.1) is 0 Å². The Morgan fingerprint density at radius 2 is 1.93 bits per heavy atom. The van der Waals surface area contributed by atoms with Crippen LogP contribution in [0.1, 0.15) is 58.8 Å². The lowest BCUT2D eigenvalue weighted by Crippen LogP contribution is -2.26. The summed E-state index contributed by atoms with van der Waals surface area (Å²) < 4.78 is 17.3. The summed E-state index contributed by atoms with van der Waals surface area (Å²) in [5, 5.41) is 0. The molecule has 0 aromatic carbocycles. The van der Waals surface area contributed by atoms with Gasteiger partial charge in [0.05, 0.1) is 5.60 Å². The maximum atomic E-state index is 11.5. The highest BCUT2D eigenvalue weighted by atomic mass is 31.1. The van der Waals surface area contributed by atoms with Gasteiger partial charge < -0.3 is 4.52 Å². The lowest BCUT2D eigenvalue weighted by molar-refractivity contribution is 0.0743. The molecule has 0 spiro atoms. The van der Waals surface area contributed by atoms with Crippen LogP contribution in [0.2, 0.25) is 0 Å². The zero-order valence-electron chi connectivity index (χ0n) is 9.47. The SMILES string of the molecule is CCCCC1(O[PH](=O)CC)CCCC1. The van der Waals surface area contributed by atoms with Gasteiger partial charge in [-0.05, 0) is 19.3 Å². The molecule has 2 nitrogen and oxygen atoms in total. The maximum absolute atomic E-state index is 11.5. The minimum Gasteiger partial charge on any atom is -0.324 e. The van der Waals surface area contributed by atoms with Crippen LogP contribution in [0, 0.1) is 0 Å². The molecular formula is C11H23O2P. The molecule has 0 saturated heterocycles. The van der Waals surface area contributed by atoms with Crippen molar-refractivity contribution in [3.05, 3.63) is 0 Å². The Kier molecular flexibility index (Phi) is 5.19. The molecule has 1 aliphatic carbocycles. The van der Waals surface area contributed by atoms with Crippen LogP contribution in [0.4, 0.5) is 0 Å². The Hall–Kier alpha value is 0.190. The van der Waals surface area contributed by atoms with E-state index in [0.29, 0.717) is 6.16 Å². The second-order valence-corrected chi connectivity index (χ2v) is 5.98. The van der Waals surface area contributed by atoms with Crippen LogP contribution in [0.5, 0.6) is 0 Å². The van der Waals surface area contributed by atoms with Crippen molar-refractivity contribution in [2.24, 2.45) is 0 Å². The van der Waals surface area contributed by atoms with Crippen molar-refractivity contribution in [1.82, 2.24) is 0 Å². The van der Waals surface area contributed by atoms with Gasteiger partial charge in [-0.2, -0.15) is 0 Å². The average molecular weight is 218 g/mol. The monoisotopic (exact) mass is 218 g/mol. The van der Waals surface area contributed by atoms with Crippen LogP contribution < -0.4 is 0 Å². The van der Waals surface area contributed by atoms with E-state index < -0.39 is 8.03 Å². The first-order valence-electron chi connectivity index (χ1n) is 5.94. The number of unbranched alkanes of at least 4 members (excludes halogenated alkanes) is 1. The fourth-order valence-electron chi connectivity index (χ4n) is 2.24. The van der Waals surface area contributed by atoms with Crippen LogP contribution in [-0.4, -0.2) is 11.8 Å². The topological polar surface area (TPSA) is 26.3 Å². The van der Waals surface area contributed by atoms with Gasteiger partial charge >= 0.3 is 0 Å². The van der Waals surface area contributed by atoms with E-state index in [-0.39, 0.29) is 5.60 Å². The highest BCUT2D eigenvalue weighted by Gasteiger charge is 2.35. The Morgan fingerprint density at radius 3 is 2.43 bits per heavy atom. The van der Waals surface area contributed by atoms with Crippen LogP contribution in [0.25, 0.3) is 0 Å². The summed E-state index contributed by atoms with van der Waals surface area (Å²) in [6.07, 6.45) is 8.98. The molecule has 0 heterocycles. The normalized spacial score (nSPS) is 22.4. The van der Waals surface area contributed by atoms with Gasteiger partial charge in [0.2, 0.25) is 0 Å². The first-order chi connectivity index (χ1) is 6.72. The van der Waals surface area contributed by atoms with Gasteiger partial charge in [-0.3, -0.25) is 4.57 Å². The Morgan fingerprint density at radius 1 is 1.29 bits per heavy atom. The summed E-state index contributed by atoms with van der Waals surface area (Å²) in [6, 6.07) is 0. The van der Waals surface area contributed by atoms with E-state index in [1.54, 1.807) is 0 Å². The lowest BCUT2D eigenvalue weighted by Gasteiger charge is -2.28. The number of rotatable bonds is 6. The molecule has 1 saturated carbocycles. The molecule has 1 fully saturated rings. The summed E-state index contributed by atoms with van der Waals surface area (Å²) in [5.74, 6) is 0. The summed E-state index contributed by atoms with van der Waals surface area (Å²) in [6.45, 7) is 4.15. The second kappa shape index (κ2) is 5.92. The van der Waals surface area contributed by atoms with Crippen molar-refractivity contribution in [2.75, 3.05) is 6.16 Å². The van der Waals surface area contributed by atoms with Crippen molar-refractivity contribution >= 4 is 8.03 Å². The molecule has 1 rings (SSSR count). The molecule has 0 bridgehead atoms. The van der Waals surface area contributed by atoms with E-state index in [0.717, 1.165) is 19.3 Å². The third kappa shape index (κ3) is 3.40. The van der Waals surface area contributed by atoms with Gasteiger partial charge in [0, 0.05) is 6.16 Å². The van der Waals surface area contributed by atoms with Crippen LogP contribution in [-0.2, 0) is 9.09 Å². The van der Waals surface area contributed by atoms with Crippen molar-refractivity contribution in [3.8, 4) is 0 Å². The fraction of sp³-hybridized carbons (Fsp3) is 1.00. The molecule has 1 aliphatic rings. The second-order valence-electron chi connectivity index (χ2n) is 4.32. The first-order valence-corrected chi connectivity index (χ1v) is 7.46. The van der Waals surface area contributed by atoms with Gasteiger partial charge in [-0.1, -0.05) is 39.5 Å². The van der Waals surface area contributed by atoms with Crippen LogP contribution in [0.15, 0.2) is 0 Å². The Bertz CT molecular complexity index is 186. The molecular weight excluding hydrogens is 195 g/mol. The van der Waals surface area contributed by atoms with E-state index >= 15 is 0 Å². The summed E-state index contributed by atoms with van der Waals surface area (Å²) in [4.78, 5) is 0. The Labute approximate surface area is 88.3 Å². The van der Waals surface area contributed by atoms with Gasteiger partial charge in [0.1, 0.15) is 0 Å². The highest BCUT2D eigenvalue weighted by Crippen LogP contribution is 2.43. The molecule has 0 N–H and O–H groups in total. The van der Waals surface area contributed by atoms with Crippen molar-refractivity contribution in [1.29, 1.82) is 0 Å². The minimum atomic E-state index is -1.75. The third-order valence-electron chi connectivity index (χ3n) is 3.12. The highest BCUT2D eigenvalue weighted by molar-refractivity contribution is 7.39. The summed E-state index contributed by atoms with van der Waals surface area (Å²) in [5.41, 5.74) is 0.00205. The lowest BCUT2D eigenvalue weighted by atomic mass is 9.95. The van der Waals surface area contributed by atoms with Gasteiger partial charge in [0.25, 0.3) is 0 Å². The zero-order valence-corrected chi connectivity index (χ0v) is 10.5. The molecule has 0 aliphatic heterocycles. The molecule has 84 valence electrons. The third-order valence-corrected chi connectivity index (χ3v) is 4.36. The van der Waals surface area contributed by atoms with E-state index in [2.05, 4.69) is 6.92 Å². The standard InChI is InChI=1S/C11H23O2P/c1-3-5-8-11(9-6-7-10-11)13-14(12)4-2/h14H,3-10H2,1-2H3. The van der Waals surface area contributed by atoms with Crippen molar-refractivity contribution < 1.29 is 9.09 Å².